The fraction of sp³-hybridized carbons (Fsp3) is 0.211. The molecular weight excluding hydrogens is 304 g/mol. The van der Waals surface area contributed by atoms with Crippen LogP contribution in [-0.4, -0.2) is 16.0 Å². The average molecular weight is 322 g/mol. The molecule has 0 aliphatic carbocycles. The zero-order chi connectivity index (χ0) is 16.9. The number of carbonyl (C=O) groups is 1. The predicted octanol–water partition coefficient (Wildman–Crippen LogP) is 4.22. The lowest BCUT2D eigenvalue weighted by Gasteiger charge is -2.04. The van der Waals surface area contributed by atoms with Crippen LogP contribution in [0.3, 0.4) is 0 Å². The summed E-state index contributed by atoms with van der Waals surface area (Å²) in [5.74, 6) is 1.63. The van der Waals surface area contributed by atoms with E-state index < -0.39 is 0 Å². The largest absolute Gasteiger partial charge is 0.484 e. The Morgan fingerprint density at radius 2 is 1.75 bits per heavy atom. The zero-order valence-electron chi connectivity index (χ0n) is 13.7. The minimum absolute atomic E-state index is 0.112. The molecular formula is C19H18N2O3. The maximum absolute atomic E-state index is 11.6. The first-order valence-corrected chi connectivity index (χ1v) is 7.81. The first-order chi connectivity index (χ1) is 11.7. The van der Waals surface area contributed by atoms with Crippen molar-refractivity contribution >= 4 is 5.78 Å². The summed E-state index contributed by atoms with van der Waals surface area (Å²) < 4.78 is 11.2. The highest BCUT2D eigenvalue weighted by atomic mass is 16.5. The van der Waals surface area contributed by atoms with Crippen molar-refractivity contribution in [2.75, 3.05) is 0 Å². The number of Topliss-reactive ketones (excluding diaryl/α,β-unsaturated/α-hetero) is 1. The van der Waals surface area contributed by atoms with E-state index in [0.717, 1.165) is 5.56 Å². The SMILES string of the molecule is CCC(=O)c1ccc(OCc2nnc(-c3ccc(C)cc3)o2)cc1. The molecule has 0 aliphatic heterocycles. The van der Waals surface area contributed by atoms with E-state index in [9.17, 15) is 4.79 Å². The van der Waals surface area contributed by atoms with Gasteiger partial charge in [0.15, 0.2) is 12.4 Å². The Labute approximate surface area is 140 Å². The number of benzene rings is 2. The molecule has 0 radical (unpaired) electrons. The van der Waals surface area contributed by atoms with Crippen molar-refractivity contribution in [1.29, 1.82) is 0 Å². The van der Waals surface area contributed by atoms with Gasteiger partial charge in [-0.05, 0) is 43.3 Å². The van der Waals surface area contributed by atoms with Gasteiger partial charge in [0.1, 0.15) is 5.75 Å². The molecule has 24 heavy (non-hydrogen) atoms. The summed E-state index contributed by atoms with van der Waals surface area (Å²) in [6.07, 6.45) is 0.490. The van der Waals surface area contributed by atoms with Crippen LogP contribution in [0.4, 0.5) is 0 Å². The highest BCUT2D eigenvalue weighted by Gasteiger charge is 2.09. The fourth-order valence-corrected chi connectivity index (χ4v) is 2.21. The zero-order valence-corrected chi connectivity index (χ0v) is 13.7. The highest BCUT2D eigenvalue weighted by Crippen LogP contribution is 2.19. The van der Waals surface area contributed by atoms with Crippen molar-refractivity contribution in [3.8, 4) is 17.2 Å². The highest BCUT2D eigenvalue weighted by molar-refractivity contribution is 5.95. The second-order valence-electron chi connectivity index (χ2n) is 5.46. The molecule has 5 heteroatoms. The van der Waals surface area contributed by atoms with Gasteiger partial charge < -0.3 is 9.15 Å². The van der Waals surface area contributed by atoms with Crippen LogP contribution in [0.25, 0.3) is 11.5 Å². The minimum Gasteiger partial charge on any atom is -0.484 e. The van der Waals surface area contributed by atoms with Crippen LogP contribution >= 0.6 is 0 Å². The molecule has 1 aromatic heterocycles. The van der Waals surface area contributed by atoms with E-state index in [-0.39, 0.29) is 12.4 Å². The Morgan fingerprint density at radius 1 is 1.04 bits per heavy atom. The molecule has 0 amide bonds. The van der Waals surface area contributed by atoms with E-state index >= 15 is 0 Å². The van der Waals surface area contributed by atoms with Gasteiger partial charge in [-0.15, -0.1) is 10.2 Å². The molecule has 122 valence electrons. The van der Waals surface area contributed by atoms with E-state index in [1.807, 2.05) is 38.1 Å². The van der Waals surface area contributed by atoms with Crippen LogP contribution in [0, 0.1) is 6.92 Å². The molecule has 2 aromatic carbocycles. The van der Waals surface area contributed by atoms with Gasteiger partial charge in [0.25, 0.3) is 5.89 Å². The maximum atomic E-state index is 11.6. The normalized spacial score (nSPS) is 10.6. The monoisotopic (exact) mass is 322 g/mol. The number of rotatable bonds is 6. The average Bonchev–Trinajstić information content (AvgIpc) is 3.09. The lowest BCUT2D eigenvalue weighted by molar-refractivity contribution is 0.0988. The standard InChI is InChI=1S/C19H18N2O3/c1-3-17(22)14-8-10-16(11-9-14)23-12-18-20-21-19(24-18)15-6-4-13(2)5-7-15/h4-11H,3,12H2,1-2H3. The molecule has 0 spiro atoms. The number of nitrogens with zero attached hydrogens (tertiary/aromatic N) is 2. The summed E-state index contributed by atoms with van der Waals surface area (Å²) in [5, 5.41) is 8.03. The van der Waals surface area contributed by atoms with Crippen LogP contribution in [0.5, 0.6) is 5.75 Å². The number of aromatic nitrogens is 2. The summed E-state index contributed by atoms with van der Waals surface area (Å²) >= 11 is 0. The number of carbonyl (C=O) groups excluding carboxylic acids is 1. The molecule has 3 aromatic rings. The first-order valence-electron chi connectivity index (χ1n) is 7.81. The van der Waals surface area contributed by atoms with Crippen LogP contribution in [0.15, 0.2) is 52.9 Å². The van der Waals surface area contributed by atoms with Crippen molar-refractivity contribution in [2.45, 2.75) is 26.9 Å². The minimum atomic E-state index is 0.112. The van der Waals surface area contributed by atoms with E-state index in [2.05, 4.69) is 10.2 Å². The number of hydrogen-bond acceptors (Lipinski definition) is 5. The third-order valence-corrected chi connectivity index (χ3v) is 3.63. The van der Waals surface area contributed by atoms with E-state index in [1.165, 1.54) is 5.56 Å². The number of ketones is 1. The molecule has 0 bridgehead atoms. The van der Waals surface area contributed by atoms with Gasteiger partial charge in [0.2, 0.25) is 5.89 Å². The lowest BCUT2D eigenvalue weighted by atomic mass is 10.1. The number of hydrogen-bond donors (Lipinski definition) is 0. The molecule has 1 heterocycles. The molecule has 5 nitrogen and oxygen atoms in total. The molecule has 0 aliphatic rings. The van der Waals surface area contributed by atoms with Crippen molar-refractivity contribution < 1.29 is 13.9 Å². The van der Waals surface area contributed by atoms with Crippen molar-refractivity contribution in [3.63, 3.8) is 0 Å². The van der Waals surface area contributed by atoms with E-state index in [4.69, 9.17) is 9.15 Å². The van der Waals surface area contributed by atoms with Crippen LogP contribution in [0.2, 0.25) is 0 Å². The lowest BCUT2D eigenvalue weighted by Crippen LogP contribution is -1.98. The van der Waals surface area contributed by atoms with Crippen molar-refractivity contribution in [2.24, 2.45) is 0 Å². The van der Waals surface area contributed by atoms with Crippen LogP contribution in [-0.2, 0) is 6.61 Å². The molecule has 0 atom stereocenters. The number of ether oxygens (including phenoxy) is 1. The first kappa shape index (κ1) is 15.9. The molecule has 0 saturated carbocycles. The number of aryl methyl sites for hydroxylation is 1. The van der Waals surface area contributed by atoms with Crippen LogP contribution < -0.4 is 4.74 Å². The smallest absolute Gasteiger partial charge is 0.254 e. The second-order valence-corrected chi connectivity index (χ2v) is 5.46. The second kappa shape index (κ2) is 7.08. The van der Waals surface area contributed by atoms with E-state index in [1.54, 1.807) is 24.3 Å². The Hall–Kier alpha value is -2.95. The Kier molecular flexibility index (Phi) is 4.70. The molecule has 0 N–H and O–H groups in total. The van der Waals surface area contributed by atoms with Crippen molar-refractivity contribution in [3.05, 3.63) is 65.5 Å². The van der Waals surface area contributed by atoms with Gasteiger partial charge in [0, 0.05) is 17.5 Å². The summed E-state index contributed by atoms with van der Waals surface area (Å²) in [6.45, 7) is 4.05. The summed E-state index contributed by atoms with van der Waals surface area (Å²) in [7, 11) is 0. The predicted molar refractivity (Wildman–Crippen MR) is 89.9 cm³/mol. The van der Waals surface area contributed by atoms with Crippen molar-refractivity contribution in [1.82, 2.24) is 10.2 Å². The Morgan fingerprint density at radius 3 is 2.42 bits per heavy atom. The summed E-state index contributed by atoms with van der Waals surface area (Å²) in [5.41, 5.74) is 2.73. The molecule has 3 rings (SSSR count). The van der Waals surface area contributed by atoms with Crippen LogP contribution in [0.1, 0.15) is 35.2 Å². The van der Waals surface area contributed by atoms with Gasteiger partial charge in [-0.2, -0.15) is 0 Å². The third kappa shape index (κ3) is 3.68. The molecule has 0 saturated heterocycles. The third-order valence-electron chi connectivity index (χ3n) is 3.63. The Balaban J connectivity index is 1.63. The quantitative estimate of drug-likeness (QED) is 0.636. The van der Waals surface area contributed by atoms with Gasteiger partial charge >= 0.3 is 0 Å². The molecule has 0 fully saturated rings. The van der Waals surface area contributed by atoms with Gasteiger partial charge in [-0.1, -0.05) is 24.6 Å². The van der Waals surface area contributed by atoms with Gasteiger partial charge in [-0.3, -0.25) is 4.79 Å². The summed E-state index contributed by atoms with van der Waals surface area (Å²) in [4.78, 5) is 11.6. The van der Waals surface area contributed by atoms with Gasteiger partial charge in [-0.25, -0.2) is 0 Å². The Bertz CT molecular complexity index is 821. The maximum Gasteiger partial charge on any atom is 0.254 e. The fourth-order valence-electron chi connectivity index (χ4n) is 2.21. The molecule has 0 unspecified atom stereocenters. The summed E-state index contributed by atoms with van der Waals surface area (Å²) in [6, 6.07) is 14.9. The van der Waals surface area contributed by atoms with Gasteiger partial charge in [0.05, 0.1) is 0 Å². The van der Waals surface area contributed by atoms with E-state index in [0.29, 0.717) is 29.5 Å². The topological polar surface area (TPSA) is 65.2 Å².